The molecule has 3 aromatic rings. The standard InChI is InChI=1S/C26H31N5O4S/c1-16-13-26(3,4)31(15-16)24-21(25(32)30-36(33,34)22-7-6-10-28-23(22)27)12-18(14-29-24)20-9-8-19(35-5)11-17(20)2/h6-12,14,16H,13,15H2,1-5H3,(H2,27,28)(H,30,32)/t16-/m0/s1. The van der Waals surface area contributed by atoms with Gasteiger partial charge in [0.1, 0.15) is 22.3 Å². The fraction of sp³-hybridized carbons (Fsp3) is 0.346. The Morgan fingerprint density at radius 3 is 2.58 bits per heavy atom. The average molecular weight is 510 g/mol. The molecule has 1 aliphatic heterocycles. The number of aryl methyl sites for hydroxylation is 1. The molecule has 0 spiro atoms. The highest BCUT2D eigenvalue weighted by Crippen LogP contribution is 2.38. The van der Waals surface area contributed by atoms with Crippen molar-refractivity contribution in [3.05, 3.63) is 59.9 Å². The molecule has 0 bridgehead atoms. The van der Waals surface area contributed by atoms with Gasteiger partial charge in [0.25, 0.3) is 15.9 Å². The highest BCUT2D eigenvalue weighted by molar-refractivity contribution is 7.90. The number of hydrogen-bond acceptors (Lipinski definition) is 8. The Morgan fingerprint density at radius 1 is 1.22 bits per heavy atom. The number of carbonyl (C=O) groups excluding carboxylic acids is 1. The maximum Gasteiger partial charge on any atom is 0.268 e. The fourth-order valence-corrected chi connectivity index (χ4v) is 5.95. The Hall–Kier alpha value is -3.66. The van der Waals surface area contributed by atoms with Gasteiger partial charge in [0.15, 0.2) is 0 Å². The number of methoxy groups -OCH3 is 1. The highest BCUT2D eigenvalue weighted by Gasteiger charge is 2.39. The molecule has 0 saturated carbocycles. The van der Waals surface area contributed by atoms with Crippen LogP contribution in [0.3, 0.4) is 0 Å². The van der Waals surface area contributed by atoms with Crippen LogP contribution in [-0.2, 0) is 10.0 Å². The van der Waals surface area contributed by atoms with Gasteiger partial charge in [0.05, 0.1) is 12.7 Å². The van der Waals surface area contributed by atoms with Crippen molar-refractivity contribution in [1.29, 1.82) is 0 Å². The number of aromatic nitrogens is 2. The van der Waals surface area contributed by atoms with Crippen LogP contribution in [-0.4, -0.2) is 43.5 Å². The number of amides is 1. The van der Waals surface area contributed by atoms with E-state index in [0.29, 0.717) is 29.6 Å². The number of nitrogen functional groups attached to an aromatic ring is 1. The van der Waals surface area contributed by atoms with Gasteiger partial charge in [-0.2, -0.15) is 0 Å². The Morgan fingerprint density at radius 2 is 1.97 bits per heavy atom. The van der Waals surface area contributed by atoms with E-state index in [1.807, 2.05) is 25.1 Å². The summed E-state index contributed by atoms with van der Waals surface area (Å²) >= 11 is 0. The van der Waals surface area contributed by atoms with Crippen molar-refractivity contribution in [2.24, 2.45) is 5.92 Å². The number of anilines is 2. The average Bonchev–Trinajstić information content (AvgIpc) is 3.10. The molecule has 2 aromatic heterocycles. The molecule has 9 nitrogen and oxygen atoms in total. The summed E-state index contributed by atoms with van der Waals surface area (Å²) in [7, 11) is -2.66. The van der Waals surface area contributed by atoms with E-state index >= 15 is 0 Å². The SMILES string of the molecule is COc1ccc(-c2cnc(N3C[C@@H](C)CC3(C)C)c(C(=O)NS(=O)(=O)c3cccnc3N)c2)c(C)c1. The molecule has 1 atom stereocenters. The number of pyridine rings is 2. The van der Waals surface area contributed by atoms with E-state index in [2.05, 4.69) is 35.4 Å². The zero-order chi connectivity index (χ0) is 26.3. The van der Waals surface area contributed by atoms with E-state index in [0.717, 1.165) is 17.5 Å². The lowest BCUT2D eigenvalue weighted by molar-refractivity contribution is 0.0981. The Balaban J connectivity index is 1.81. The zero-order valence-electron chi connectivity index (χ0n) is 21.1. The molecule has 1 saturated heterocycles. The molecule has 1 aromatic carbocycles. The van der Waals surface area contributed by atoms with E-state index in [-0.39, 0.29) is 21.8 Å². The number of carbonyl (C=O) groups is 1. The molecule has 1 aliphatic rings. The van der Waals surface area contributed by atoms with Crippen LogP contribution in [0, 0.1) is 12.8 Å². The first kappa shape index (κ1) is 25.4. The van der Waals surface area contributed by atoms with Crippen LogP contribution in [0.4, 0.5) is 11.6 Å². The van der Waals surface area contributed by atoms with Crippen LogP contribution >= 0.6 is 0 Å². The summed E-state index contributed by atoms with van der Waals surface area (Å²) in [6.07, 6.45) is 4.02. The van der Waals surface area contributed by atoms with Gasteiger partial charge in [-0.3, -0.25) is 4.79 Å². The molecule has 36 heavy (non-hydrogen) atoms. The number of hydrogen-bond donors (Lipinski definition) is 2. The Labute approximate surface area is 211 Å². The molecular weight excluding hydrogens is 478 g/mol. The second-order valence-corrected chi connectivity index (χ2v) is 11.5. The normalized spacial score (nSPS) is 17.1. The zero-order valence-corrected chi connectivity index (χ0v) is 21.9. The minimum atomic E-state index is -4.26. The number of nitrogens with two attached hydrogens (primary N) is 1. The van der Waals surface area contributed by atoms with Gasteiger partial charge in [0, 0.05) is 30.0 Å². The van der Waals surface area contributed by atoms with Crippen molar-refractivity contribution >= 4 is 27.6 Å². The first-order chi connectivity index (χ1) is 16.9. The third kappa shape index (κ3) is 4.86. The quantitative estimate of drug-likeness (QED) is 0.514. The number of rotatable bonds is 6. The smallest absolute Gasteiger partial charge is 0.268 e. The molecule has 3 N–H and O–H groups in total. The van der Waals surface area contributed by atoms with Crippen molar-refractivity contribution in [1.82, 2.24) is 14.7 Å². The van der Waals surface area contributed by atoms with Crippen molar-refractivity contribution in [3.63, 3.8) is 0 Å². The van der Waals surface area contributed by atoms with Crippen molar-refractivity contribution in [3.8, 4) is 16.9 Å². The molecule has 0 aliphatic carbocycles. The summed E-state index contributed by atoms with van der Waals surface area (Å²) < 4.78 is 33.5. The molecular formula is C26H31N5O4S. The Kier molecular flexibility index (Phi) is 6.66. The Bertz CT molecular complexity index is 1420. The minimum absolute atomic E-state index is 0.163. The van der Waals surface area contributed by atoms with Gasteiger partial charge in [-0.15, -0.1) is 0 Å². The summed E-state index contributed by atoms with van der Waals surface area (Å²) in [6, 6.07) is 10.1. The third-order valence-electron chi connectivity index (χ3n) is 6.50. The molecule has 3 heterocycles. The van der Waals surface area contributed by atoms with Crippen LogP contribution in [0.1, 0.15) is 43.1 Å². The minimum Gasteiger partial charge on any atom is -0.497 e. The van der Waals surface area contributed by atoms with E-state index in [1.165, 1.54) is 18.3 Å². The van der Waals surface area contributed by atoms with Crippen molar-refractivity contribution in [2.75, 3.05) is 24.3 Å². The van der Waals surface area contributed by atoms with E-state index in [4.69, 9.17) is 15.5 Å². The molecule has 1 amide bonds. The van der Waals surface area contributed by atoms with Gasteiger partial charge in [-0.1, -0.05) is 13.0 Å². The second kappa shape index (κ2) is 9.42. The molecule has 10 heteroatoms. The van der Waals surface area contributed by atoms with Crippen LogP contribution in [0.2, 0.25) is 0 Å². The van der Waals surface area contributed by atoms with Crippen molar-refractivity contribution in [2.45, 2.75) is 44.6 Å². The topological polar surface area (TPSA) is 128 Å². The van der Waals surface area contributed by atoms with Crippen LogP contribution < -0.4 is 20.1 Å². The molecule has 0 unspecified atom stereocenters. The first-order valence-electron chi connectivity index (χ1n) is 11.6. The maximum absolute atomic E-state index is 13.5. The predicted molar refractivity (Wildman–Crippen MR) is 139 cm³/mol. The lowest BCUT2D eigenvalue weighted by atomic mass is 9.97. The van der Waals surface area contributed by atoms with Gasteiger partial charge in [-0.05, 0) is 74.6 Å². The van der Waals surface area contributed by atoms with E-state index < -0.39 is 15.9 Å². The fourth-order valence-electron chi connectivity index (χ4n) is 4.90. The van der Waals surface area contributed by atoms with Crippen molar-refractivity contribution < 1.29 is 17.9 Å². The molecule has 1 fully saturated rings. The van der Waals surface area contributed by atoms with Gasteiger partial charge in [-0.25, -0.2) is 23.1 Å². The number of ether oxygens (including phenoxy) is 1. The number of sulfonamides is 1. The molecule has 0 radical (unpaired) electrons. The highest BCUT2D eigenvalue weighted by atomic mass is 32.2. The predicted octanol–water partition coefficient (Wildman–Crippen LogP) is 3.79. The summed E-state index contributed by atoms with van der Waals surface area (Å²) in [4.78, 5) is 23.9. The van der Waals surface area contributed by atoms with Gasteiger partial charge in [0.2, 0.25) is 0 Å². The van der Waals surface area contributed by atoms with Crippen LogP contribution in [0.25, 0.3) is 11.1 Å². The van der Waals surface area contributed by atoms with Gasteiger partial charge < -0.3 is 15.4 Å². The summed E-state index contributed by atoms with van der Waals surface area (Å²) in [5.74, 6) is 0.565. The van der Waals surface area contributed by atoms with Crippen LogP contribution in [0.5, 0.6) is 5.75 Å². The number of nitrogens with zero attached hydrogens (tertiary/aromatic N) is 3. The summed E-state index contributed by atoms with van der Waals surface area (Å²) in [6.45, 7) is 8.96. The van der Waals surface area contributed by atoms with Gasteiger partial charge >= 0.3 is 0 Å². The lowest BCUT2D eigenvalue weighted by Crippen LogP contribution is -2.41. The monoisotopic (exact) mass is 509 g/mol. The van der Waals surface area contributed by atoms with E-state index in [1.54, 1.807) is 19.4 Å². The summed E-state index contributed by atoms with van der Waals surface area (Å²) in [5, 5.41) is 0. The molecule has 190 valence electrons. The largest absolute Gasteiger partial charge is 0.497 e. The first-order valence-corrected chi connectivity index (χ1v) is 13.1. The van der Waals surface area contributed by atoms with E-state index in [9.17, 15) is 13.2 Å². The van der Waals surface area contributed by atoms with Crippen LogP contribution in [0.15, 0.2) is 53.7 Å². The number of nitrogens with one attached hydrogen (secondary N) is 1. The third-order valence-corrected chi connectivity index (χ3v) is 7.88. The lowest BCUT2D eigenvalue weighted by Gasteiger charge is -2.34. The molecule has 4 rings (SSSR count). The summed E-state index contributed by atoms with van der Waals surface area (Å²) in [5.41, 5.74) is 8.15. The second-order valence-electron chi connectivity index (χ2n) is 9.83. The number of benzene rings is 1. The maximum atomic E-state index is 13.5.